The van der Waals surface area contributed by atoms with Gasteiger partial charge < -0.3 is 10.5 Å². The Hall–Kier alpha value is -1.54. The van der Waals surface area contributed by atoms with E-state index < -0.39 is 0 Å². The van der Waals surface area contributed by atoms with Crippen molar-refractivity contribution in [3.63, 3.8) is 0 Å². The maximum atomic E-state index is 5.86. The molecule has 2 aromatic rings. The van der Waals surface area contributed by atoms with E-state index in [1.165, 1.54) is 5.39 Å². The average Bonchev–Trinajstić information content (AvgIpc) is 2.29. The largest absolute Gasteiger partial charge is 0.488 e. The molecule has 2 N–H and O–H groups in total. The molecule has 0 spiro atoms. The van der Waals surface area contributed by atoms with Crippen molar-refractivity contribution >= 4 is 10.8 Å². The lowest BCUT2D eigenvalue weighted by Gasteiger charge is -2.19. The Morgan fingerprint density at radius 3 is 2.44 bits per heavy atom. The predicted molar refractivity (Wildman–Crippen MR) is 67.7 cm³/mol. The summed E-state index contributed by atoms with van der Waals surface area (Å²) in [5.41, 5.74) is 5.80. The van der Waals surface area contributed by atoms with Crippen LogP contribution in [0.1, 0.15) is 13.8 Å². The Bertz CT molecular complexity index is 474. The van der Waals surface area contributed by atoms with Gasteiger partial charge in [0.1, 0.15) is 11.9 Å². The number of benzene rings is 2. The second-order valence-corrected chi connectivity index (χ2v) is 4.16. The smallest absolute Gasteiger partial charge is 0.127 e. The Labute approximate surface area is 96.0 Å². The minimum atomic E-state index is 0.0193. The molecule has 0 aromatic heterocycles. The molecule has 2 aromatic carbocycles. The lowest BCUT2D eigenvalue weighted by molar-refractivity contribution is 0.199. The molecular weight excluding hydrogens is 198 g/mol. The van der Waals surface area contributed by atoms with Gasteiger partial charge in [-0.05, 0) is 25.3 Å². The molecule has 2 nitrogen and oxygen atoms in total. The normalized spacial score (nSPS) is 14.7. The van der Waals surface area contributed by atoms with Crippen LogP contribution in [0.2, 0.25) is 0 Å². The van der Waals surface area contributed by atoms with Crippen molar-refractivity contribution in [3.05, 3.63) is 42.5 Å². The van der Waals surface area contributed by atoms with Crippen LogP contribution in [0.3, 0.4) is 0 Å². The molecule has 0 fully saturated rings. The first kappa shape index (κ1) is 11.0. The van der Waals surface area contributed by atoms with E-state index in [0.29, 0.717) is 0 Å². The van der Waals surface area contributed by atoms with Crippen molar-refractivity contribution in [2.45, 2.75) is 26.0 Å². The number of hydrogen-bond donors (Lipinski definition) is 1. The quantitative estimate of drug-likeness (QED) is 0.854. The SMILES string of the molecule is CC(Oc1cccc2ccccc12)[C@H](C)N. The zero-order valence-corrected chi connectivity index (χ0v) is 9.68. The van der Waals surface area contributed by atoms with Gasteiger partial charge in [0.2, 0.25) is 0 Å². The third-order valence-electron chi connectivity index (χ3n) is 2.80. The summed E-state index contributed by atoms with van der Waals surface area (Å²) in [6.07, 6.45) is 0.0193. The maximum Gasteiger partial charge on any atom is 0.127 e. The molecule has 2 heteroatoms. The Morgan fingerprint density at radius 1 is 1.00 bits per heavy atom. The number of fused-ring (bicyclic) bond motifs is 1. The van der Waals surface area contributed by atoms with Crippen LogP contribution < -0.4 is 10.5 Å². The molecular formula is C14H17NO. The fourth-order valence-corrected chi connectivity index (χ4v) is 1.61. The van der Waals surface area contributed by atoms with Gasteiger partial charge in [-0.3, -0.25) is 0 Å². The summed E-state index contributed by atoms with van der Waals surface area (Å²) in [5.74, 6) is 0.905. The van der Waals surface area contributed by atoms with E-state index in [4.69, 9.17) is 10.5 Å². The van der Waals surface area contributed by atoms with Crippen molar-refractivity contribution < 1.29 is 4.74 Å². The van der Waals surface area contributed by atoms with Crippen LogP contribution >= 0.6 is 0 Å². The fourth-order valence-electron chi connectivity index (χ4n) is 1.61. The topological polar surface area (TPSA) is 35.2 Å². The molecule has 0 aliphatic carbocycles. The lowest BCUT2D eigenvalue weighted by Crippen LogP contribution is -2.33. The molecule has 0 heterocycles. The average molecular weight is 215 g/mol. The molecule has 0 bridgehead atoms. The Balaban J connectivity index is 2.37. The summed E-state index contributed by atoms with van der Waals surface area (Å²) >= 11 is 0. The molecule has 0 radical (unpaired) electrons. The third-order valence-corrected chi connectivity index (χ3v) is 2.80. The maximum absolute atomic E-state index is 5.86. The van der Waals surface area contributed by atoms with Crippen LogP contribution in [0.5, 0.6) is 5.75 Å². The molecule has 84 valence electrons. The molecule has 1 unspecified atom stereocenters. The van der Waals surface area contributed by atoms with E-state index >= 15 is 0 Å². The van der Waals surface area contributed by atoms with Gasteiger partial charge in [0.25, 0.3) is 0 Å². The monoisotopic (exact) mass is 215 g/mol. The van der Waals surface area contributed by atoms with E-state index in [2.05, 4.69) is 18.2 Å². The molecule has 0 aliphatic rings. The molecule has 0 aliphatic heterocycles. The fraction of sp³-hybridized carbons (Fsp3) is 0.286. The first-order valence-corrected chi connectivity index (χ1v) is 5.58. The van der Waals surface area contributed by atoms with Crippen LogP contribution in [0.15, 0.2) is 42.5 Å². The number of nitrogens with two attached hydrogens (primary N) is 1. The number of ether oxygens (including phenoxy) is 1. The van der Waals surface area contributed by atoms with E-state index in [1.807, 2.05) is 38.1 Å². The first-order chi connectivity index (χ1) is 7.68. The molecule has 16 heavy (non-hydrogen) atoms. The molecule has 2 rings (SSSR count). The van der Waals surface area contributed by atoms with Crippen LogP contribution in [-0.2, 0) is 0 Å². The van der Waals surface area contributed by atoms with Gasteiger partial charge in [-0.25, -0.2) is 0 Å². The Morgan fingerprint density at radius 2 is 1.69 bits per heavy atom. The predicted octanol–water partition coefficient (Wildman–Crippen LogP) is 2.95. The first-order valence-electron chi connectivity index (χ1n) is 5.58. The summed E-state index contributed by atoms with van der Waals surface area (Å²) in [6, 6.07) is 14.3. The number of hydrogen-bond acceptors (Lipinski definition) is 2. The summed E-state index contributed by atoms with van der Waals surface area (Å²) in [4.78, 5) is 0. The zero-order valence-electron chi connectivity index (χ0n) is 9.68. The van der Waals surface area contributed by atoms with Gasteiger partial charge in [0.15, 0.2) is 0 Å². The zero-order chi connectivity index (χ0) is 11.5. The van der Waals surface area contributed by atoms with E-state index in [-0.39, 0.29) is 12.1 Å². The van der Waals surface area contributed by atoms with E-state index in [0.717, 1.165) is 11.1 Å². The lowest BCUT2D eigenvalue weighted by atomic mass is 10.1. The Kier molecular flexibility index (Phi) is 3.11. The highest BCUT2D eigenvalue weighted by Gasteiger charge is 2.10. The summed E-state index contributed by atoms with van der Waals surface area (Å²) in [6.45, 7) is 3.95. The minimum Gasteiger partial charge on any atom is -0.488 e. The molecule has 2 atom stereocenters. The van der Waals surface area contributed by atoms with Crippen LogP contribution in [0.25, 0.3) is 10.8 Å². The van der Waals surface area contributed by atoms with Crippen LogP contribution in [0, 0.1) is 0 Å². The van der Waals surface area contributed by atoms with Crippen molar-refractivity contribution in [1.29, 1.82) is 0 Å². The van der Waals surface area contributed by atoms with Crippen LogP contribution in [0.4, 0.5) is 0 Å². The van der Waals surface area contributed by atoms with Crippen LogP contribution in [-0.4, -0.2) is 12.1 Å². The highest BCUT2D eigenvalue weighted by Crippen LogP contribution is 2.26. The number of rotatable bonds is 3. The van der Waals surface area contributed by atoms with Gasteiger partial charge in [0.05, 0.1) is 0 Å². The second-order valence-electron chi connectivity index (χ2n) is 4.16. The van der Waals surface area contributed by atoms with Gasteiger partial charge >= 0.3 is 0 Å². The molecule has 0 saturated heterocycles. The van der Waals surface area contributed by atoms with Gasteiger partial charge in [0, 0.05) is 11.4 Å². The van der Waals surface area contributed by atoms with Crippen molar-refractivity contribution in [2.75, 3.05) is 0 Å². The van der Waals surface area contributed by atoms with E-state index in [1.54, 1.807) is 0 Å². The van der Waals surface area contributed by atoms with Crippen molar-refractivity contribution in [1.82, 2.24) is 0 Å². The highest BCUT2D eigenvalue weighted by molar-refractivity contribution is 5.88. The summed E-state index contributed by atoms with van der Waals surface area (Å²) in [7, 11) is 0. The highest BCUT2D eigenvalue weighted by atomic mass is 16.5. The molecule has 0 amide bonds. The van der Waals surface area contributed by atoms with Gasteiger partial charge in [-0.15, -0.1) is 0 Å². The van der Waals surface area contributed by atoms with Gasteiger partial charge in [-0.2, -0.15) is 0 Å². The van der Waals surface area contributed by atoms with Crippen molar-refractivity contribution in [3.8, 4) is 5.75 Å². The minimum absolute atomic E-state index is 0.0193. The van der Waals surface area contributed by atoms with Gasteiger partial charge in [-0.1, -0.05) is 36.4 Å². The summed E-state index contributed by atoms with van der Waals surface area (Å²) < 4.78 is 5.86. The molecule has 0 saturated carbocycles. The third kappa shape index (κ3) is 2.17. The second kappa shape index (κ2) is 4.54. The summed E-state index contributed by atoms with van der Waals surface area (Å²) in [5, 5.41) is 2.33. The van der Waals surface area contributed by atoms with E-state index in [9.17, 15) is 0 Å². The van der Waals surface area contributed by atoms with Crippen molar-refractivity contribution in [2.24, 2.45) is 5.73 Å². The standard InChI is InChI=1S/C14H17NO/c1-10(15)11(2)16-14-9-5-7-12-6-3-4-8-13(12)14/h3-11H,15H2,1-2H3/t10-,11?/m0/s1.